The molecule has 0 bridgehead atoms. The van der Waals surface area contributed by atoms with Crippen LogP contribution in [-0.4, -0.2) is 16.2 Å². The van der Waals surface area contributed by atoms with E-state index < -0.39 is 5.97 Å². The fourth-order valence-electron chi connectivity index (χ4n) is 1.00. The molecule has 0 aromatic carbocycles. The highest BCUT2D eigenvalue weighted by atomic mass is 35.5. The van der Waals surface area contributed by atoms with E-state index in [-0.39, 0.29) is 11.3 Å². The highest BCUT2D eigenvalue weighted by molar-refractivity contribution is 7.14. The first kappa shape index (κ1) is 9.23. The first-order valence-corrected chi connectivity index (χ1v) is 4.86. The molecule has 4 nitrogen and oxygen atoms in total. The Morgan fingerprint density at radius 2 is 2.43 bits per heavy atom. The monoisotopic (exact) mass is 229 g/mol. The molecule has 1 N–H and O–H groups in total. The van der Waals surface area contributed by atoms with Gasteiger partial charge in [-0.25, -0.2) is 4.79 Å². The molecule has 2 heterocycles. The Bertz CT molecular complexity index is 476. The third-order valence-electron chi connectivity index (χ3n) is 1.59. The SMILES string of the molecule is O=C(O)c1cnoc1-c1cc(Cl)cs1. The summed E-state index contributed by atoms with van der Waals surface area (Å²) in [5.41, 5.74) is 0.0449. The van der Waals surface area contributed by atoms with Gasteiger partial charge in [-0.05, 0) is 6.07 Å². The Balaban J connectivity index is 2.51. The molecule has 2 aromatic rings. The van der Waals surface area contributed by atoms with Crippen molar-refractivity contribution in [1.29, 1.82) is 0 Å². The number of aromatic carboxylic acids is 1. The highest BCUT2D eigenvalue weighted by Gasteiger charge is 2.17. The van der Waals surface area contributed by atoms with Crippen molar-refractivity contribution in [3.05, 3.63) is 28.2 Å². The number of halogens is 1. The number of thiophene rings is 1. The molecule has 0 radical (unpaired) electrons. The van der Waals surface area contributed by atoms with Gasteiger partial charge >= 0.3 is 5.97 Å². The van der Waals surface area contributed by atoms with Gasteiger partial charge in [-0.2, -0.15) is 0 Å². The summed E-state index contributed by atoms with van der Waals surface area (Å²) in [5, 5.41) is 14.5. The third kappa shape index (κ3) is 1.51. The molecule has 2 aromatic heterocycles. The summed E-state index contributed by atoms with van der Waals surface area (Å²) in [6.07, 6.45) is 1.17. The average Bonchev–Trinajstić information content (AvgIpc) is 2.70. The molecular formula is C8H4ClNO3S. The quantitative estimate of drug-likeness (QED) is 0.860. The summed E-state index contributed by atoms with van der Waals surface area (Å²) < 4.78 is 4.85. The van der Waals surface area contributed by atoms with E-state index in [1.165, 1.54) is 17.5 Å². The Labute approximate surface area is 87.7 Å². The molecule has 2 rings (SSSR count). The molecule has 14 heavy (non-hydrogen) atoms. The van der Waals surface area contributed by atoms with E-state index in [0.717, 1.165) is 0 Å². The number of rotatable bonds is 2. The lowest BCUT2D eigenvalue weighted by Crippen LogP contribution is -1.94. The largest absolute Gasteiger partial charge is 0.477 e. The van der Waals surface area contributed by atoms with Gasteiger partial charge in [0.15, 0.2) is 5.76 Å². The van der Waals surface area contributed by atoms with E-state index in [1.54, 1.807) is 11.4 Å². The van der Waals surface area contributed by atoms with Crippen LogP contribution in [0.25, 0.3) is 10.6 Å². The molecule has 6 heteroatoms. The zero-order valence-electron chi connectivity index (χ0n) is 6.73. The second kappa shape index (κ2) is 3.43. The first-order chi connectivity index (χ1) is 6.68. The topological polar surface area (TPSA) is 63.3 Å². The third-order valence-corrected chi connectivity index (χ3v) is 2.87. The summed E-state index contributed by atoms with van der Waals surface area (Å²) in [6.45, 7) is 0. The van der Waals surface area contributed by atoms with E-state index in [1.807, 2.05) is 0 Å². The molecule has 0 fully saturated rings. The number of nitrogens with zero attached hydrogens (tertiary/aromatic N) is 1. The smallest absolute Gasteiger partial charge is 0.341 e. The lowest BCUT2D eigenvalue weighted by Gasteiger charge is -1.90. The number of carboxylic acids is 1. The van der Waals surface area contributed by atoms with Crippen LogP contribution >= 0.6 is 22.9 Å². The van der Waals surface area contributed by atoms with Gasteiger partial charge in [-0.1, -0.05) is 16.8 Å². The van der Waals surface area contributed by atoms with Crippen LogP contribution in [0.2, 0.25) is 5.02 Å². The lowest BCUT2D eigenvalue weighted by molar-refractivity contribution is 0.0697. The molecular weight excluding hydrogens is 226 g/mol. The van der Waals surface area contributed by atoms with E-state index in [4.69, 9.17) is 21.2 Å². The average molecular weight is 230 g/mol. The van der Waals surface area contributed by atoms with Crippen LogP contribution in [0.4, 0.5) is 0 Å². The fraction of sp³-hybridized carbons (Fsp3) is 0. The molecule has 0 saturated heterocycles. The van der Waals surface area contributed by atoms with E-state index >= 15 is 0 Å². The maximum absolute atomic E-state index is 10.7. The summed E-state index contributed by atoms with van der Waals surface area (Å²) in [6, 6.07) is 1.64. The van der Waals surface area contributed by atoms with Crippen molar-refractivity contribution >= 4 is 28.9 Å². The van der Waals surface area contributed by atoms with Crippen molar-refractivity contribution in [3.8, 4) is 10.6 Å². The van der Waals surface area contributed by atoms with Crippen molar-refractivity contribution in [2.45, 2.75) is 0 Å². The van der Waals surface area contributed by atoms with Crippen molar-refractivity contribution in [3.63, 3.8) is 0 Å². The molecule has 0 aliphatic rings. The predicted octanol–water partition coefficient (Wildman–Crippen LogP) is 2.75. The second-order valence-corrected chi connectivity index (χ2v) is 3.85. The van der Waals surface area contributed by atoms with Gasteiger partial charge in [0.25, 0.3) is 0 Å². The summed E-state index contributed by atoms with van der Waals surface area (Å²) in [7, 11) is 0. The maximum atomic E-state index is 10.7. The van der Waals surface area contributed by atoms with Crippen LogP contribution in [0.3, 0.4) is 0 Å². The minimum atomic E-state index is -1.06. The van der Waals surface area contributed by atoms with Crippen LogP contribution in [-0.2, 0) is 0 Å². The summed E-state index contributed by atoms with van der Waals surface area (Å²) in [5.74, 6) is -0.819. The molecule has 0 unspecified atom stereocenters. The molecule has 0 atom stereocenters. The lowest BCUT2D eigenvalue weighted by atomic mass is 10.2. The van der Waals surface area contributed by atoms with Gasteiger partial charge in [0.1, 0.15) is 5.56 Å². The summed E-state index contributed by atoms with van der Waals surface area (Å²) >= 11 is 7.02. The van der Waals surface area contributed by atoms with Gasteiger partial charge in [0, 0.05) is 5.38 Å². The zero-order valence-corrected chi connectivity index (χ0v) is 8.30. The molecule has 0 aliphatic carbocycles. The van der Waals surface area contributed by atoms with Gasteiger partial charge < -0.3 is 9.63 Å². The fourth-order valence-corrected chi connectivity index (χ4v) is 2.07. The number of aromatic nitrogens is 1. The van der Waals surface area contributed by atoms with Crippen molar-refractivity contribution in [1.82, 2.24) is 5.16 Å². The van der Waals surface area contributed by atoms with Crippen LogP contribution in [0, 0.1) is 0 Å². The molecule has 72 valence electrons. The number of carbonyl (C=O) groups is 1. The van der Waals surface area contributed by atoms with E-state index in [2.05, 4.69) is 5.16 Å². The Hall–Kier alpha value is -1.33. The van der Waals surface area contributed by atoms with Crippen LogP contribution < -0.4 is 0 Å². The minimum absolute atomic E-state index is 0.0449. The van der Waals surface area contributed by atoms with Crippen LogP contribution in [0.5, 0.6) is 0 Å². The van der Waals surface area contributed by atoms with Gasteiger partial charge in [-0.3, -0.25) is 0 Å². The van der Waals surface area contributed by atoms with Gasteiger partial charge in [0.2, 0.25) is 0 Å². The number of hydrogen-bond acceptors (Lipinski definition) is 4. The van der Waals surface area contributed by atoms with Crippen molar-refractivity contribution < 1.29 is 14.4 Å². The summed E-state index contributed by atoms with van der Waals surface area (Å²) in [4.78, 5) is 11.4. The standard InChI is InChI=1S/C8H4ClNO3S/c9-4-1-6(14-3-4)7-5(8(11)12)2-10-13-7/h1-3H,(H,11,12). The normalized spacial score (nSPS) is 10.4. The molecule has 0 saturated carbocycles. The van der Waals surface area contributed by atoms with E-state index in [9.17, 15) is 4.79 Å². The maximum Gasteiger partial charge on any atom is 0.341 e. The molecule has 0 aliphatic heterocycles. The Morgan fingerprint density at radius 1 is 1.64 bits per heavy atom. The zero-order chi connectivity index (χ0) is 10.1. The van der Waals surface area contributed by atoms with Crippen LogP contribution in [0.1, 0.15) is 10.4 Å². The van der Waals surface area contributed by atoms with Crippen LogP contribution in [0.15, 0.2) is 22.2 Å². The Kier molecular flexibility index (Phi) is 2.26. The predicted molar refractivity (Wildman–Crippen MR) is 51.8 cm³/mol. The number of hydrogen-bond donors (Lipinski definition) is 1. The van der Waals surface area contributed by atoms with Crippen molar-refractivity contribution in [2.75, 3.05) is 0 Å². The van der Waals surface area contributed by atoms with Gasteiger partial charge in [-0.15, -0.1) is 11.3 Å². The minimum Gasteiger partial charge on any atom is -0.477 e. The first-order valence-electron chi connectivity index (χ1n) is 3.61. The van der Waals surface area contributed by atoms with E-state index in [0.29, 0.717) is 9.90 Å². The van der Waals surface area contributed by atoms with Gasteiger partial charge in [0.05, 0.1) is 16.1 Å². The number of carboxylic acid groups (broad SMARTS) is 1. The van der Waals surface area contributed by atoms with Crippen molar-refractivity contribution in [2.24, 2.45) is 0 Å². The molecule has 0 spiro atoms. The highest BCUT2D eigenvalue weighted by Crippen LogP contribution is 2.31. The molecule has 0 amide bonds. The Morgan fingerprint density at radius 3 is 3.00 bits per heavy atom. The second-order valence-electron chi connectivity index (χ2n) is 2.50.